The number of pyridine rings is 1. The second-order valence-corrected chi connectivity index (χ2v) is 11.0. The standard InChI is InChI=1S/C31H34N6O/c1-20-16-24(4-7-27(20)31(38)37-14-10-32-11-15-37)29-28-18-25(19-33-30(28)35-34-29)22-3-2-21-8-12-36(26-5-6-26)13-9-23(21)17-22/h2-4,7,16-19,26,32H,5-6,8-15H2,1H3,(H,33,34,35). The number of H-pyrrole nitrogens is 1. The molecule has 0 bridgehead atoms. The van der Waals surface area contributed by atoms with Crippen molar-refractivity contribution in [3.05, 3.63) is 70.9 Å². The molecule has 0 radical (unpaired) electrons. The summed E-state index contributed by atoms with van der Waals surface area (Å²) in [7, 11) is 0. The zero-order chi connectivity index (χ0) is 25.6. The van der Waals surface area contributed by atoms with Gasteiger partial charge < -0.3 is 10.2 Å². The minimum absolute atomic E-state index is 0.109. The summed E-state index contributed by atoms with van der Waals surface area (Å²) in [6, 6.07) is 16.0. The van der Waals surface area contributed by atoms with Crippen molar-refractivity contribution >= 4 is 16.9 Å². The fraction of sp³-hybridized carbons (Fsp3) is 0.387. The molecule has 7 nitrogen and oxygen atoms in total. The van der Waals surface area contributed by atoms with Crippen LogP contribution in [0.25, 0.3) is 33.4 Å². The normalized spacial score (nSPS) is 18.4. The van der Waals surface area contributed by atoms with E-state index in [9.17, 15) is 4.79 Å². The van der Waals surface area contributed by atoms with Gasteiger partial charge in [-0.1, -0.05) is 24.3 Å². The Labute approximate surface area is 223 Å². The Hall–Kier alpha value is -3.55. The van der Waals surface area contributed by atoms with Crippen molar-refractivity contribution in [2.75, 3.05) is 39.3 Å². The molecule has 7 rings (SSSR count). The molecule has 2 N–H and O–H groups in total. The van der Waals surface area contributed by atoms with Gasteiger partial charge in [-0.15, -0.1) is 0 Å². The van der Waals surface area contributed by atoms with Gasteiger partial charge >= 0.3 is 0 Å². The van der Waals surface area contributed by atoms with Crippen molar-refractivity contribution < 1.29 is 4.79 Å². The Morgan fingerprint density at radius 2 is 1.68 bits per heavy atom. The van der Waals surface area contributed by atoms with Crippen molar-refractivity contribution in [3.8, 4) is 22.4 Å². The maximum atomic E-state index is 13.1. The Bertz CT molecular complexity index is 1510. The number of nitrogens with zero attached hydrogens (tertiary/aromatic N) is 4. The number of carbonyl (C=O) groups excluding carboxylic acids is 1. The summed E-state index contributed by atoms with van der Waals surface area (Å²) in [5.41, 5.74) is 9.67. The lowest BCUT2D eigenvalue weighted by Gasteiger charge is -2.28. The van der Waals surface area contributed by atoms with Crippen LogP contribution in [0.5, 0.6) is 0 Å². The molecule has 2 aromatic heterocycles. The number of amides is 1. The molecule has 1 aliphatic carbocycles. The quantitative estimate of drug-likeness (QED) is 0.434. The highest BCUT2D eigenvalue weighted by Crippen LogP contribution is 2.33. The largest absolute Gasteiger partial charge is 0.336 e. The molecule has 4 heterocycles. The molecule has 38 heavy (non-hydrogen) atoms. The Balaban J connectivity index is 1.18. The third kappa shape index (κ3) is 4.40. The molecule has 0 atom stereocenters. The average molecular weight is 507 g/mol. The molecule has 4 aromatic rings. The van der Waals surface area contributed by atoms with Gasteiger partial charge in [0.25, 0.3) is 5.91 Å². The van der Waals surface area contributed by atoms with E-state index in [-0.39, 0.29) is 5.91 Å². The van der Waals surface area contributed by atoms with E-state index in [2.05, 4.69) is 55.7 Å². The van der Waals surface area contributed by atoms with Gasteiger partial charge in [0.2, 0.25) is 0 Å². The first-order valence-corrected chi connectivity index (χ1v) is 14.0. The van der Waals surface area contributed by atoms with Crippen LogP contribution in [-0.2, 0) is 12.8 Å². The molecule has 0 spiro atoms. The summed E-state index contributed by atoms with van der Waals surface area (Å²) in [6.45, 7) is 7.56. The van der Waals surface area contributed by atoms with Gasteiger partial charge in [-0.05, 0) is 73.1 Å². The van der Waals surface area contributed by atoms with Gasteiger partial charge in [-0.3, -0.25) is 14.8 Å². The number of hydrogen-bond donors (Lipinski definition) is 2. The lowest BCUT2D eigenvalue weighted by Crippen LogP contribution is -2.46. The van der Waals surface area contributed by atoms with Gasteiger partial charge in [0.05, 0.1) is 5.69 Å². The first-order chi connectivity index (χ1) is 18.6. The van der Waals surface area contributed by atoms with Crippen LogP contribution in [0, 0.1) is 6.92 Å². The van der Waals surface area contributed by atoms with Crippen LogP contribution in [0.3, 0.4) is 0 Å². The lowest BCUT2D eigenvalue weighted by atomic mass is 9.96. The molecule has 0 unspecified atom stereocenters. The number of carbonyl (C=O) groups is 1. The van der Waals surface area contributed by atoms with Crippen LogP contribution in [0.15, 0.2) is 48.7 Å². The molecule has 7 heteroatoms. The Kier molecular flexibility index (Phi) is 5.98. The number of benzene rings is 2. The molecular weight excluding hydrogens is 472 g/mol. The van der Waals surface area contributed by atoms with Crippen molar-refractivity contribution in [1.82, 2.24) is 30.3 Å². The smallest absolute Gasteiger partial charge is 0.254 e. The van der Waals surface area contributed by atoms with E-state index >= 15 is 0 Å². The summed E-state index contributed by atoms with van der Waals surface area (Å²) >= 11 is 0. The average Bonchev–Trinajstić information content (AvgIpc) is 3.74. The highest BCUT2D eigenvalue weighted by molar-refractivity contribution is 5.98. The SMILES string of the molecule is Cc1cc(-c2[nH]nc3ncc(-c4ccc5c(c4)CCN(C4CC4)CC5)cc23)ccc1C(=O)N1CCNCC1. The molecule has 2 aliphatic heterocycles. The maximum absolute atomic E-state index is 13.1. The van der Waals surface area contributed by atoms with Gasteiger partial charge in [-0.2, -0.15) is 5.10 Å². The van der Waals surface area contributed by atoms with Crippen molar-refractivity contribution in [1.29, 1.82) is 0 Å². The minimum atomic E-state index is 0.109. The maximum Gasteiger partial charge on any atom is 0.254 e. The second kappa shape index (κ2) is 9.64. The van der Waals surface area contributed by atoms with Gasteiger partial charge in [0.1, 0.15) is 0 Å². The summed E-state index contributed by atoms with van der Waals surface area (Å²) in [6.07, 6.45) is 6.93. The van der Waals surface area contributed by atoms with Crippen LogP contribution in [0.1, 0.15) is 39.9 Å². The summed E-state index contributed by atoms with van der Waals surface area (Å²) < 4.78 is 0. The first-order valence-electron chi connectivity index (χ1n) is 14.0. The Morgan fingerprint density at radius 1 is 0.895 bits per heavy atom. The summed E-state index contributed by atoms with van der Waals surface area (Å²) in [4.78, 5) is 22.4. The molecule has 1 saturated heterocycles. The van der Waals surface area contributed by atoms with Crippen LogP contribution >= 0.6 is 0 Å². The molecule has 1 amide bonds. The van der Waals surface area contributed by atoms with Crippen LogP contribution < -0.4 is 5.32 Å². The molecule has 2 aromatic carbocycles. The Morgan fingerprint density at radius 3 is 2.47 bits per heavy atom. The van der Waals surface area contributed by atoms with Crippen LogP contribution in [-0.4, -0.2) is 76.2 Å². The first kappa shape index (κ1) is 23.6. The highest BCUT2D eigenvalue weighted by atomic mass is 16.2. The molecule has 1 saturated carbocycles. The van der Waals surface area contributed by atoms with E-state index < -0.39 is 0 Å². The number of aromatic nitrogens is 3. The van der Waals surface area contributed by atoms with Crippen LogP contribution in [0.2, 0.25) is 0 Å². The number of rotatable bonds is 4. The predicted octanol–water partition coefficient (Wildman–Crippen LogP) is 4.21. The van der Waals surface area contributed by atoms with E-state index in [4.69, 9.17) is 0 Å². The van der Waals surface area contributed by atoms with Crippen molar-refractivity contribution in [2.24, 2.45) is 0 Å². The number of fused-ring (bicyclic) bond motifs is 2. The van der Waals surface area contributed by atoms with Crippen molar-refractivity contribution in [3.63, 3.8) is 0 Å². The number of hydrogen-bond acceptors (Lipinski definition) is 5. The zero-order valence-electron chi connectivity index (χ0n) is 22.0. The van der Waals surface area contributed by atoms with Gasteiger partial charge in [-0.25, -0.2) is 4.98 Å². The molecule has 194 valence electrons. The second-order valence-electron chi connectivity index (χ2n) is 11.0. The molecule has 2 fully saturated rings. The van der Waals surface area contributed by atoms with E-state index in [0.717, 1.165) is 84.9 Å². The third-order valence-corrected chi connectivity index (χ3v) is 8.50. The number of nitrogens with one attached hydrogen (secondary N) is 2. The lowest BCUT2D eigenvalue weighted by molar-refractivity contribution is 0.0735. The highest BCUT2D eigenvalue weighted by Gasteiger charge is 2.29. The zero-order valence-corrected chi connectivity index (χ0v) is 22.0. The topological polar surface area (TPSA) is 77.2 Å². The molecule has 3 aliphatic rings. The fourth-order valence-electron chi connectivity index (χ4n) is 6.10. The monoisotopic (exact) mass is 506 g/mol. The van der Waals surface area contributed by atoms with E-state index in [0.29, 0.717) is 5.65 Å². The van der Waals surface area contributed by atoms with E-state index in [1.807, 2.05) is 30.2 Å². The number of aryl methyl sites for hydroxylation is 1. The summed E-state index contributed by atoms with van der Waals surface area (Å²) in [5, 5.41) is 12.0. The molecular formula is C31H34N6O. The fourth-order valence-corrected chi connectivity index (χ4v) is 6.10. The number of aromatic amines is 1. The van der Waals surface area contributed by atoms with E-state index in [1.54, 1.807) is 0 Å². The summed E-state index contributed by atoms with van der Waals surface area (Å²) in [5.74, 6) is 0.109. The van der Waals surface area contributed by atoms with Gasteiger partial charge in [0.15, 0.2) is 5.65 Å². The third-order valence-electron chi connectivity index (χ3n) is 8.50. The minimum Gasteiger partial charge on any atom is -0.336 e. The van der Waals surface area contributed by atoms with Crippen LogP contribution in [0.4, 0.5) is 0 Å². The van der Waals surface area contributed by atoms with E-state index in [1.165, 1.54) is 36.1 Å². The predicted molar refractivity (Wildman–Crippen MR) is 150 cm³/mol. The van der Waals surface area contributed by atoms with Crippen molar-refractivity contribution in [2.45, 2.75) is 38.6 Å². The van der Waals surface area contributed by atoms with Gasteiger partial charge in [0, 0.05) is 73.6 Å². The number of piperazine rings is 1.